The average molecular weight is 269 g/mol. The molecule has 0 aromatic heterocycles. The first kappa shape index (κ1) is 14.3. The Labute approximate surface area is 113 Å². The number of aliphatic carboxylic acids is 1. The number of morpholine rings is 1. The van der Waals surface area contributed by atoms with Gasteiger partial charge in [-0.15, -0.1) is 0 Å². The van der Waals surface area contributed by atoms with Crippen LogP contribution in [0.3, 0.4) is 0 Å². The van der Waals surface area contributed by atoms with E-state index < -0.39 is 11.4 Å². The fourth-order valence-electron chi connectivity index (χ4n) is 3.11. The number of amides is 1. The van der Waals surface area contributed by atoms with Crippen molar-refractivity contribution in [2.24, 2.45) is 5.41 Å². The van der Waals surface area contributed by atoms with Crippen molar-refractivity contribution in [2.45, 2.75) is 58.2 Å². The third-order valence-corrected chi connectivity index (χ3v) is 4.18. The van der Waals surface area contributed by atoms with Gasteiger partial charge in [-0.05, 0) is 33.6 Å². The number of hydrogen-bond donors (Lipinski definition) is 1. The molecule has 0 aromatic rings. The Morgan fingerprint density at radius 2 is 2.00 bits per heavy atom. The van der Waals surface area contributed by atoms with Gasteiger partial charge in [0.05, 0.1) is 17.1 Å². The predicted octanol–water partition coefficient (Wildman–Crippen LogP) is 1.66. The Hall–Kier alpha value is -1.10. The van der Waals surface area contributed by atoms with Crippen LogP contribution in [0.4, 0.5) is 0 Å². The van der Waals surface area contributed by atoms with Crippen LogP contribution in [0.5, 0.6) is 0 Å². The molecule has 0 radical (unpaired) electrons. The Morgan fingerprint density at radius 3 is 2.42 bits per heavy atom. The van der Waals surface area contributed by atoms with Gasteiger partial charge in [-0.2, -0.15) is 0 Å². The standard InChI is InChI=1S/C14H23NO4/c1-10-8-15(9-13(2,3)19-10)11(16)7-14(12(17)18)5-4-6-14/h10H,4-9H2,1-3H3,(H,17,18). The molecule has 5 heteroatoms. The number of carbonyl (C=O) groups excluding carboxylic acids is 1. The van der Waals surface area contributed by atoms with E-state index in [0.717, 1.165) is 6.42 Å². The minimum Gasteiger partial charge on any atom is -0.481 e. The van der Waals surface area contributed by atoms with Gasteiger partial charge in [-0.25, -0.2) is 0 Å². The van der Waals surface area contributed by atoms with E-state index in [1.807, 2.05) is 20.8 Å². The summed E-state index contributed by atoms with van der Waals surface area (Å²) in [4.78, 5) is 25.4. The lowest BCUT2D eigenvalue weighted by Gasteiger charge is -2.44. The van der Waals surface area contributed by atoms with E-state index in [1.54, 1.807) is 4.90 Å². The summed E-state index contributed by atoms with van der Waals surface area (Å²) in [5.74, 6) is -0.877. The summed E-state index contributed by atoms with van der Waals surface area (Å²) in [7, 11) is 0. The zero-order valence-electron chi connectivity index (χ0n) is 11.9. The molecule has 2 rings (SSSR count). The van der Waals surface area contributed by atoms with E-state index in [2.05, 4.69) is 0 Å². The van der Waals surface area contributed by atoms with Crippen LogP contribution >= 0.6 is 0 Å². The van der Waals surface area contributed by atoms with Crippen LogP contribution in [0.15, 0.2) is 0 Å². The van der Waals surface area contributed by atoms with Crippen molar-refractivity contribution < 1.29 is 19.4 Å². The molecular weight excluding hydrogens is 246 g/mol. The second-order valence-electron chi connectivity index (χ2n) is 6.58. The van der Waals surface area contributed by atoms with Crippen molar-refractivity contribution in [3.63, 3.8) is 0 Å². The number of rotatable bonds is 3. The monoisotopic (exact) mass is 269 g/mol. The van der Waals surface area contributed by atoms with Crippen molar-refractivity contribution in [2.75, 3.05) is 13.1 Å². The zero-order valence-corrected chi connectivity index (χ0v) is 11.9. The third kappa shape index (κ3) is 2.91. The van der Waals surface area contributed by atoms with Gasteiger partial charge in [0.2, 0.25) is 5.91 Å². The van der Waals surface area contributed by atoms with E-state index in [-0.39, 0.29) is 24.0 Å². The molecule has 2 aliphatic rings. The highest BCUT2D eigenvalue weighted by molar-refractivity contribution is 5.85. The molecule has 108 valence electrons. The van der Waals surface area contributed by atoms with E-state index >= 15 is 0 Å². The number of carboxylic acid groups (broad SMARTS) is 1. The van der Waals surface area contributed by atoms with Crippen LogP contribution in [0.2, 0.25) is 0 Å². The van der Waals surface area contributed by atoms with Gasteiger partial charge in [-0.3, -0.25) is 9.59 Å². The summed E-state index contributed by atoms with van der Waals surface area (Å²) in [5, 5.41) is 9.29. The van der Waals surface area contributed by atoms with Crippen molar-refractivity contribution in [3.8, 4) is 0 Å². The fraction of sp³-hybridized carbons (Fsp3) is 0.857. The van der Waals surface area contributed by atoms with E-state index in [0.29, 0.717) is 25.9 Å². The average Bonchev–Trinajstić information content (AvgIpc) is 2.19. The molecule has 0 aromatic carbocycles. The van der Waals surface area contributed by atoms with Crippen LogP contribution in [0.25, 0.3) is 0 Å². The number of ether oxygens (including phenoxy) is 1. The molecule has 0 spiro atoms. The van der Waals surface area contributed by atoms with Crippen LogP contribution in [-0.4, -0.2) is 46.7 Å². The fourth-order valence-corrected chi connectivity index (χ4v) is 3.11. The predicted molar refractivity (Wildman–Crippen MR) is 69.7 cm³/mol. The van der Waals surface area contributed by atoms with Crippen LogP contribution < -0.4 is 0 Å². The largest absolute Gasteiger partial charge is 0.481 e. The highest BCUT2D eigenvalue weighted by Gasteiger charge is 2.47. The minimum atomic E-state index is -0.826. The molecule has 1 heterocycles. The molecule has 2 fully saturated rings. The quantitative estimate of drug-likeness (QED) is 0.846. The molecule has 1 atom stereocenters. The number of nitrogens with zero attached hydrogens (tertiary/aromatic N) is 1. The molecule has 0 bridgehead atoms. The van der Waals surface area contributed by atoms with Gasteiger partial charge in [-0.1, -0.05) is 6.42 Å². The maximum absolute atomic E-state index is 12.4. The van der Waals surface area contributed by atoms with Crippen LogP contribution in [0.1, 0.15) is 46.5 Å². The molecule has 1 N–H and O–H groups in total. The molecule has 19 heavy (non-hydrogen) atoms. The lowest BCUT2D eigenvalue weighted by atomic mass is 9.66. The smallest absolute Gasteiger partial charge is 0.310 e. The third-order valence-electron chi connectivity index (χ3n) is 4.18. The van der Waals surface area contributed by atoms with Crippen LogP contribution in [0, 0.1) is 5.41 Å². The van der Waals surface area contributed by atoms with Crippen molar-refractivity contribution in [1.29, 1.82) is 0 Å². The van der Waals surface area contributed by atoms with Gasteiger partial charge in [0, 0.05) is 19.5 Å². The SMILES string of the molecule is CC1CN(C(=O)CC2(C(=O)O)CCC2)CC(C)(C)O1. The van der Waals surface area contributed by atoms with E-state index in [1.165, 1.54) is 0 Å². The molecule has 1 aliphatic carbocycles. The van der Waals surface area contributed by atoms with Gasteiger partial charge >= 0.3 is 5.97 Å². The second kappa shape index (κ2) is 4.78. The van der Waals surface area contributed by atoms with Crippen molar-refractivity contribution >= 4 is 11.9 Å². The molecule has 1 saturated carbocycles. The summed E-state index contributed by atoms with van der Waals surface area (Å²) in [5.41, 5.74) is -1.16. The van der Waals surface area contributed by atoms with Gasteiger partial charge in [0.25, 0.3) is 0 Å². The molecular formula is C14H23NO4. The lowest BCUT2D eigenvalue weighted by molar-refractivity contribution is -0.168. The molecule has 5 nitrogen and oxygen atoms in total. The lowest BCUT2D eigenvalue weighted by Crippen LogP contribution is -2.55. The summed E-state index contributed by atoms with van der Waals surface area (Å²) in [6.45, 7) is 6.94. The Balaban J connectivity index is 2.02. The van der Waals surface area contributed by atoms with Gasteiger partial charge in [0.15, 0.2) is 0 Å². The van der Waals surface area contributed by atoms with E-state index in [4.69, 9.17) is 4.74 Å². The van der Waals surface area contributed by atoms with Gasteiger partial charge in [0.1, 0.15) is 0 Å². The van der Waals surface area contributed by atoms with Gasteiger partial charge < -0.3 is 14.7 Å². The minimum absolute atomic E-state index is 0.00475. The highest BCUT2D eigenvalue weighted by Crippen LogP contribution is 2.44. The maximum Gasteiger partial charge on any atom is 0.310 e. The van der Waals surface area contributed by atoms with Crippen molar-refractivity contribution in [3.05, 3.63) is 0 Å². The highest BCUT2D eigenvalue weighted by atomic mass is 16.5. The zero-order chi connectivity index (χ0) is 14.3. The number of carbonyl (C=O) groups is 2. The summed E-state index contributed by atoms with van der Waals surface area (Å²) >= 11 is 0. The number of carboxylic acids is 1. The molecule has 1 aliphatic heterocycles. The number of hydrogen-bond acceptors (Lipinski definition) is 3. The molecule has 1 amide bonds. The normalized spacial score (nSPS) is 28.6. The van der Waals surface area contributed by atoms with Crippen LogP contribution in [-0.2, 0) is 14.3 Å². The second-order valence-corrected chi connectivity index (χ2v) is 6.58. The summed E-state index contributed by atoms with van der Waals surface area (Å²) in [6, 6.07) is 0. The van der Waals surface area contributed by atoms with E-state index in [9.17, 15) is 14.7 Å². The van der Waals surface area contributed by atoms with Crippen molar-refractivity contribution in [1.82, 2.24) is 4.90 Å². The first-order chi connectivity index (χ1) is 8.74. The first-order valence-corrected chi connectivity index (χ1v) is 6.93. The Kier molecular flexibility index (Phi) is 3.60. The summed E-state index contributed by atoms with van der Waals surface area (Å²) in [6.07, 6.45) is 2.28. The molecule has 1 saturated heterocycles. The first-order valence-electron chi connectivity index (χ1n) is 6.93. The topological polar surface area (TPSA) is 66.8 Å². The Bertz CT molecular complexity index is 387. The maximum atomic E-state index is 12.4. The molecule has 1 unspecified atom stereocenters. The summed E-state index contributed by atoms with van der Waals surface area (Å²) < 4.78 is 5.76. The Morgan fingerprint density at radius 1 is 1.37 bits per heavy atom.